The molecule has 10 nitrogen and oxygen atoms in total. The predicted molar refractivity (Wildman–Crippen MR) is 116 cm³/mol. The molecule has 31 heavy (non-hydrogen) atoms. The van der Waals surface area contributed by atoms with Crippen LogP contribution in [0.15, 0.2) is 41.7 Å². The fourth-order valence-corrected chi connectivity index (χ4v) is 3.34. The van der Waals surface area contributed by atoms with Gasteiger partial charge in [0.1, 0.15) is 11.6 Å². The van der Waals surface area contributed by atoms with Crippen LogP contribution in [0.25, 0.3) is 17.0 Å². The monoisotopic (exact) mass is 418 g/mol. The minimum atomic E-state index is -0.997. The van der Waals surface area contributed by atoms with Crippen molar-refractivity contribution in [3.05, 3.63) is 42.4 Å². The first-order chi connectivity index (χ1) is 15.0. The van der Waals surface area contributed by atoms with Crippen LogP contribution in [-0.2, 0) is 9.59 Å². The summed E-state index contributed by atoms with van der Waals surface area (Å²) in [5, 5.41) is 14.8. The Bertz CT molecular complexity index is 1200. The average Bonchev–Trinajstić information content (AvgIpc) is 3.14. The molecule has 1 aliphatic heterocycles. The van der Waals surface area contributed by atoms with Crippen LogP contribution in [0.1, 0.15) is 12.1 Å². The lowest BCUT2D eigenvalue weighted by atomic mass is 10.00. The number of carbonyl (C=O) groups excluding carboxylic acids is 2. The molecule has 4 heterocycles. The lowest BCUT2D eigenvalue weighted by Gasteiger charge is -2.33. The van der Waals surface area contributed by atoms with Crippen molar-refractivity contribution < 1.29 is 9.59 Å². The third kappa shape index (κ3) is 4.04. The van der Waals surface area contributed by atoms with E-state index in [0.717, 1.165) is 23.9 Å². The van der Waals surface area contributed by atoms with Crippen molar-refractivity contribution in [1.82, 2.24) is 24.5 Å². The van der Waals surface area contributed by atoms with E-state index in [0.29, 0.717) is 30.2 Å². The molecule has 1 atom stereocenters. The van der Waals surface area contributed by atoms with Crippen LogP contribution in [0.3, 0.4) is 0 Å². The fourth-order valence-electron chi connectivity index (χ4n) is 3.34. The number of likely N-dealkylation sites (tertiary alicyclic amines) is 1. The SMILES string of the molecule is CN=C(C(=O)Nc1ccn2nc(-c3ccnc(C)c3)nc2c1)C(C=N)C(=O)N1CCC1. The van der Waals surface area contributed by atoms with Gasteiger partial charge in [-0.1, -0.05) is 0 Å². The van der Waals surface area contributed by atoms with E-state index in [9.17, 15) is 9.59 Å². The summed E-state index contributed by atoms with van der Waals surface area (Å²) in [6.07, 6.45) is 5.29. The van der Waals surface area contributed by atoms with Crippen LogP contribution in [0.5, 0.6) is 0 Å². The Morgan fingerprint density at radius 2 is 2.10 bits per heavy atom. The van der Waals surface area contributed by atoms with Crippen molar-refractivity contribution in [3.8, 4) is 11.4 Å². The summed E-state index contributed by atoms with van der Waals surface area (Å²) < 4.78 is 1.61. The number of aryl methyl sites for hydroxylation is 1. The molecular weight excluding hydrogens is 396 g/mol. The zero-order chi connectivity index (χ0) is 22.0. The van der Waals surface area contributed by atoms with Crippen molar-refractivity contribution >= 4 is 35.1 Å². The Morgan fingerprint density at radius 3 is 2.74 bits per heavy atom. The average molecular weight is 418 g/mol. The number of hydrogen-bond donors (Lipinski definition) is 2. The molecule has 0 aromatic carbocycles. The normalized spacial score (nSPS) is 14.8. The van der Waals surface area contributed by atoms with E-state index in [1.807, 2.05) is 19.1 Å². The summed E-state index contributed by atoms with van der Waals surface area (Å²) in [5.74, 6) is -1.25. The first-order valence-electron chi connectivity index (χ1n) is 9.87. The van der Waals surface area contributed by atoms with Gasteiger partial charge in [0.25, 0.3) is 5.91 Å². The number of pyridine rings is 2. The first-order valence-corrected chi connectivity index (χ1v) is 9.87. The van der Waals surface area contributed by atoms with Crippen LogP contribution in [0, 0.1) is 18.3 Å². The van der Waals surface area contributed by atoms with Gasteiger partial charge in [0, 0.05) is 61.8 Å². The highest BCUT2D eigenvalue weighted by atomic mass is 16.2. The minimum absolute atomic E-state index is 0.00110. The summed E-state index contributed by atoms with van der Waals surface area (Å²) in [6.45, 7) is 3.18. The van der Waals surface area contributed by atoms with Crippen LogP contribution in [0.2, 0.25) is 0 Å². The lowest BCUT2D eigenvalue weighted by molar-refractivity contribution is -0.135. The van der Waals surface area contributed by atoms with Crippen LogP contribution >= 0.6 is 0 Å². The van der Waals surface area contributed by atoms with Gasteiger partial charge >= 0.3 is 0 Å². The molecule has 0 saturated carbocycles. The number of nitrogens with zero attached hydrogens (tertiary/aromatic N) is 6. The molecule has 4 rings (SSSR count). The van der Waals surface area contributed by atoms with Crippen molar-refractivity contribution in [3.63, 3.8) is 0 Å². The highest BCUT2D eigenvalue weighted by Gasteiger charge is 2.33. The van der Waals surface area contributed by atoms with Gasteiger partial charge in [-0.2, -0.15) is 0 Å². The quantitative estimate of drug-likeness (QED) is 0.588. The van der Waals surface area contributed by atoms with Crippen molar-refractivity contribution in [2.75, 3.05) is 25.5 Å². The molecule has 0 aliphatic carbocycles. The summed E-state index contributed by atoms with van der Waals surface area (Å²) in [5.41, 5.74) is 2.76. The second-order valence-corrected chi connectivity index (χ2v) is 7.23. The maximum Gasteiger partial charge on any atom is 0.270 e. The molecule has 3 aromatic rings. The molecule has 3 aromatic heterocycles. The van der Waals surface area contributed by atoms with E-state index in [1.54, 1.807) is 33.9 Å². The number of aliphatic imine (C=N–C) groups is 1. The molecule has 1 unspecified atom stereocenters. The van der Waals surface area contributed by atoms with Gasteiger partial charge in [0.2, 0.25) is 5.91 Å². The number of nitrogens with one attached hydrogen (secondary N) is 2. The van der Waals surface area contributed by atoms with Gasteiger partial charge in [-0.3, -0.25) is 19.6 Å². The first kappa shape index (κ1) is 20.3. The van der Waals surface area contributed by atoms with Gasteiger partial charge in [-0.15, -0.1) is 5.10 Å². The Balaban J connectivity index is 1.55. The maximum atomic E-state index is 12.8. The summed E-state index contributed by atoms with van der Waals surface area (Å²) in [7, 11) is 1.44. The number of carbonyl (C=O) groups is 2. The third-order valence-corrected chi connectivity index (χ3v) is 5.12. The standard InChI is InChI=1S/C21H22N8O2/c1-13-10-14(4-6-24-13)19-26-17-11-15(5-9-29(17)27-19)25-20(30)18(23-2)16(12-22)21(31)28-7-3-8-28/h4-6,9-12,16,22H,3,7-8H2,1-2H3,(H,25,30). The second kappa shape index (κ2) is 8.42. The molecule has 0 bridgehead atoms. The van der Waals surface area contributed by atoms with Crippen LogP contribution < -0.4 is 5.32 Å². The van der Waals surface area contributed by atoms with Gasteiger partial charge in [-0.25, -0.2) is 9.50 Å². The van der Waals surface area contributed by atoms with E-state index >= 15 is 0 Å². The van der Waals surface area contributed by atoms with Crippen molar-refractivity contribution in [2.45, 2.75) is 13.3 Å². The fraction of sp³-hybridized carbons (Fsp3) is 0.286. The van der Waals surface area contributed by atoms with E-state index in [-0.39, 0.29) is 11.6 Å². The molecule has 0 spiro atoms. The molecule has 0 radical (unpaired) electrons. The minimum Gasteiger partial charge on any atom is -0.342 e. The molecule has 2 amide bonds. The number of anilines is 1. The van der Waals surface area contributed by atoms with E-state index < -0.39 is 11.8 Å². The zero-order valence-electron chi connectivity index (χ0n) is 17.2. The highest BCUT2D eigenvalue weighted by Crippen LogP contribution is 2.19. The van der Waals surface area contributed by atoms with Gasteiger partial charge in [0.15, 0.2) is 11.5 Å². The van der Waals surface area contributed by atoms with E-state index in [1.165, 1.54) is 7.05 Å². The molecule has 2 N–H and O–H groups in total. The Morgan fingerprint density at radius 1 is 1.29 bits per heavy atom. The van der Waals surface area contributed by atoms with E-state index in [2.05, 4.69) is 25.4 Å². The van der Waals surface area contributed by atoms with Crippen molar-refractivity contribution in [1.29, 1.82) is 5.41 Å². The summed E-state index contributed by atoms with van der Waals surface area (Å²) in [4.78, 5) is 39.7. The molecular formula is C21H22N8O2. The number of aromatic nitrogens is 4. The smallest absolute Gasteiger partial charge is 0.270 e. The molecule has 1 aliphatic rings. The Labute approximate surface area is 178 Å². The maximum absolute atomic E-state index is 12.8. The molecule has 1 fully saturated rings. The van der Waals surface area contributed by atoms with Gasteiger partial charge < -0.3 is 15.6 Å². The molecule has 1 saturated heterocycles. The third-order valence-electron chi connectivity index (χ3n) is 5.12. The highest BCUT2D eigenvalue weighted by molar-refractivity contribution is 6.49. The number of hydrogen-bond acceptors (Lipinski definition) is 7. The van der Waals surface area contributed by atoms with Crippen molar-refractivity contribution in [2.24, 2.45) is 10.9 Å². The predicted octanol–water partition coefficient (Wildman–Crippen LogP) is 1.61. The Hall–Kier alpha value is -3.95. The second-order valence-electron chi connectivity index (χ2n) is 7.23. The molecule has 10 heteroatoms. The zero-order valence-corrected chi connectivity index (χ0v) is 17.2. The topological polar surface area (TPSA) is 129 Å². The largest absolute Gasteiger partial charge is 0.342 e. The summed E-state index contributed by atoms with van der Waals surface area (Å²) in [6, 6.07) is 7.10. The molecule has 158 valence electrons. The lowest BCUT2D eigenvalue weighted by Crippen LogP contribution is -2.49. The van der Waals surface area contributed by atoms with Crippen LogP contribution in [-0.4, -0.2) is 68.4 Å². The Kier molecular flexibility index (Phi) is 5.52. The van der Waals surface area contributed by atoms with Crippen LogP contribution in [0.4, 0.5) is 5.69 Å². The summed E-state index contributed by atoms with van der Waals surface area (Å²) >= 11 is 0. The number of rotatable bonds is 6. The number of amides is 2. The van der Waals surface area contributed by atoms with Gasteiger partial charge in [0.05, 0.1) is 0 Å². The van der Waals surface area contributed by atoms with E-state index in [4.69, 9.17) is 5.41 Å². The number of fused-ring (bicyclic) bond motifs is 1. The van der Waals surface area contributed by atoms with Gasteiger partial charge in [-0.05, 0) is 31.5 Å².